The molecule has 2 fully saturated rings. The molecule has 1 unspecified atom stereocenters. The molecule has 1 saturated carbocycles. The monoisotopic (exact) mass is 320 g/mol. The first-order chi connectivity index (χ1) is 11.1. The topological polar surface area (TPSA) is 89.1 Å². The fourth-order valence-corrected chi connectivity index (χ4v) is 4.02. The average molecular weight is 320 g/mol. The molecule has 0 aromatic carbocycles. The molecule has 3 N–H and O–H groups in total. The summed E-state index contributed by atoms with van der Waals surface area (Å²) < 4.78 is 1.68. The van der Waals surface area contributed by atoms with Crippen molar-refractivity contribution >= 4 is 6.03 Å². The van der Waals surface area contributed by atoms with E-state index in [1.54, 1.807) is 4.68 Å². The fraction of sp³-hybridized carbons (Fsp3) is 0.812. The van der Waals surface area contributed by atoms with Gasteiger partial charge < -0.3 is 16.0 Å². The van der Waals surface area contributed by atoms with Crippen LogP contribution in [0.15, 0.2) is 6.20 Å². The van der Waals surface area contributed by atoms with Crippen molar-refractivity contribution < 1.29 is 4.79 Å². The lowest BCUT2D eigenvalue weighted by atomic mass is 9.62. The number of piperidine rings is 1. The molecule has 3 rings (SSSR count). The SMILES string of the molecule is Cn1cc(CCNC(=O)N2CCCCC2C2(CN)CCC2)nn1. The highest BCUT2D eigenvalue weighted by atomic mass is 16.2. The summed E-state index contributed by atoms with van der Waals surface area (Å²) >= 11 is 0. The number of likely N-dealkylation sites (tertiary alicyclic amines) is 1. The predicted molar refractivity (Wildman–Crippen MR) is 87.8 cm³/mol. The van der Waals surface area contributed by atoms with Gasteiger partial charge in [0.25, 0.3) is 0 Å². The molecule has 0 bridgehead atoms. The maximum absolute atomic E-state index is 12.6. The van der Waals surface area contributed by atoms with Crippen LogP contribution in [0, 0.1) is 5.41 Å². The molecular weight excluding hydrogens is 292 g/mol. The molecule has 1 aliphatic heterocycles. The Morgan fingerprint density at radius 1 is 1.43 bits per heavy atom. The van der Waals surface area contributed by atoms with E-state index in [2.05, 4.69) is 15.6 Å². The number of carbonyl (C=O) groups excluding carboxylic acids is 1. The minimum atomic E-state index is 0.0540. The van der Waals surface area contributed by atoms with Crippen LogP contribution in [0.25, 0.3) is 0 Å². The number of amides is 2. The standard InChI is InChI=1S/C16H28N6O/c1-21-11-13(19-20-21)6-9-18-15(23)22-10-3-2-5-14(22)16(12-17)7-4-8-16/h11,14H,2-10,12,17H2,1H3,(H,18,23). The van der Waals surface area contributed by atoms with Crippen molar-refractivity contribution in [3.8, 4) is 0 Å². The first-order valence-electron chi connectivity index (χ1n) is 8.74. The molecular formula is C16H28N6O. The van der Waals surface area contributed by atoms with Gasteiger partial charge in [0.05, 0.1) is 5.69 Å². The van der Waals surface area contributed by atoms with Gasteiger partial charge in [-0.25, -0.2) is 4.79 Å². The van der Waals surface area contributed by atoms with E-state index in [1.807, 2.05) is 18.1 Å². The van der Waals surface area contributed by atoms with E-state index in [0.717, 1.165) is 37.9 Å². The Hall–Kier alpha value is -1.63. The molecule has 2 aliphatic rings. The summed E-state index contributed by atoms with van der Waals surface area (Å²) in [6.45, 7) is 2.14. The number of carbonyl (C=O) groups is 1. The van der Waals surface area contributed by atoms with Crippen LogP contribution in [0.1, 0.15) is 44.2 Å². The van der Waals surface area contributed by atoms with Gasteiger partial charge in [-0.15, -0.1) is 5.10 Å². The zero-order valence-electron chi connectivity index (χ0n) is 14.0. The van der Waals surface area contributed by atoms with Gasteiger partial charge in [-0.05, 0) is 38.6 Å². The minimum absolute atomic E-state index is 0.0540. The summed E-state index contributed by atoms with van der Waals surface area (Å²) in [4.78, 5) is 14.7. The van der Waals surface area contributed by atoms with Crippen molar-refractivity contribution in [2.45, 2.75) is 51.0 Å². The number of hydrogen-bond acceptors (Lipinski definition) is 4. The van der Waals surface area contributed by atoms with Crippen molar-refractivity contribution in [3.05, 3.63) is 11.9 Å². The number of aryl methyl sites for hydroxylation is 1. The Balaban J connectivity index is 1.56. The van der Waals surface area contributed by atoms with E-state index in [4.69, 9.17) is 5.73 Å². The number of urea groups is 1. The molecule has 1 aromatic rings. The molecule has 7 heteroatoms. The molecule has 0 radical (unpaired) electrons. The van der Waals surface area contributed by atoms with Crippen LogP contribution in [0.2, 0.25) is 0 Å². The van der Waals surface area contributed by atoms with Gasteiger partial charge in [-0.1, -0.05) is 11.6 Å². The maximum atomic E-state index is 12.6. The van der Waals surface area contributed by atoms with E-state index in [9.17, 15) is 4.79 Å². The van der Waals surface area contributed by atoms with E-state index in [-0.39, 0.29) is 11.4 Å². The predicted octanol–water partition coefficient (Wildman–Crippen LogP) is 1.05. The molecule has 2 heterocycles. The third kappa shape index (κ3) is 3.34. The van der Waals surface area contributed by atoms with Crippen LogP contribution in [0.3, 0.4) is 0 Å². The number of rotatable bonds is 5. The smallest absolute Gasteiger partial charge is 0.317 e. The first kappa shape index (κ1) is 16.2. The summed E-state index contributed by atoms with van der Waals surface area (Å²) in [7, 11) is 1.85. The molecule has 128 valence electrons. The third-order valence-corrected chi connectivity index (χ3v) is 5.53. The Bertz CT molecular complexity index is 533. The van der Waals surface area contributed by atoms with E-state index < -0.39 is 0 Å². The Morgan fingerprint density at radius 3 is 2.87 bits per heavy atom. The summed E-state index contributed by atoms with van der Waals surface area (Å²) in [6.07, 6.45) is 9.55. The Labute approximate surface area is 137 Å². The number of aromatic nitrogens is 3. The maximum Gasteiger partial charge on any atom is 0.317 e. The summed E-state index contributed by atoms with van der Waals surface area (Å²) in [5, 5.41) is 11.0. The normalized spacial score (nSPS) is 23.4. The van der Waals surface area contributed by atoms with Gasteiger partial charge in [-0.2, -0.15) is 0 Å². The lowest BCUT2D eigenvalue weighted by Crippen LogP contribution is -2.60. The van der Waals surface area contributed by atoms with E-state index >= 15 is 0 Å². The van der Waals surface area contributed by atoms with Gasteiger partial charge in [-0.3, -0.25) is 4.68 Å². The third-order valence-electron chi connectivity index (χ3n) is 5.53. The van der Waals surface area contributed by atoms with Crippen LogP contribution in [0.5, 0.6) is 0 Å². The summed E-state index contributed by atoms with van der Waals surface area (Å²) in [6, 6.07) is 0.366. The lowest BCUT2D eigenvalue weighted by Gasteiger charge is -2.53. The quantitative estimate of drug-likeness (QED) is 0.848. The average Bonchev–Trinajstić information content (AvgIpc) is 2.93. The highest BCUT2D eigenvalue weighted by molar-refractivity contribution is 5.74. The summed E-state index contributed by atoms with van der Waals surface area (Å²) in [5.74, 6) is 0. The largest absolute Gasteiger partial charge is 0.338 e. The van der Waals surface area contributed by atoms with Crippen LogP contribution < -0.4 is 11.1 Å². The van der Waals surface area contributed by atoms with Gasteiger partial charge >= 0.3 is 6.03 Å². The Kier molecular flexibility index (Phi) is 4.84. The number of hydrogen-bond donors (Lipinski definition) is 2. The van der Waals surface area contributed by atoms with Crippen molar-refractivity contribution in [3.63, 3.8) is 0 Å². The van der Waals surface area contributed by atoms with E-state index in [1.165, 1.54) is 12.8 Å². The van der Waals surface area contributed by atoms with Crippen LogP contribution in [-0.4, -0.2) is 51.6 Å². The fourth-order valence-electron chi connectivity index (χ4n) is 4.02. The van der Waals surface area contributed by atoms with Gasteiger partial charge in [0.1, 0.15) is 0 Å². The highest BCUT2D eigenvalue weighted by Crippen LogP contribution is 2.47. The van der Waals surface area contributed by atoms with E-state index in [0.29, 0.717) is 25.6 Å². The second kappa shape index (κ2) is 6.86. The zero-order chi connectivity index (χ0) is 16.3. The van der Waals surface area contributed by atoms with Crippen LogP contribution in [0.4, 0.5) is 4.79 Å². The van der Waals surface area contributed by atoms with Crippen LogP contribution >= 0.6 is 0 Å². The molecule has 1 aromatic heterocycles. The van der Waals surface area contributed by atoms with Crippen molar-refractivity contribution in [2.75, 3.05) is 19.6 Å². The van der Waals surface area contributed by atoms with Gasteiger partial charge in [0.15, 0.2) is 0 Å². The highest BCUT2D eigenvalue weighted by Gasteiger charge is 2.47. The summed E-state index contributed by atoms with van der Waals surface area (Å²) in [5.41, 5.74) is 7.14. The van der Waals surface area contributed by atoms with Crippen molar-refractivity contribution in [1.29, 1.82) is 0 Å². The van der Waals surface area contributed by atoms with Crippen molar-refractivity contribution in [2.24, 2.45) is 18.2 Å². The second-order valence-electron chi connectivity index (χ2n) is 6.99. The molecule has 7 nitrogen and oxygen atoms in total. The van der Waals surface area contributed by atoms with Crippen molar-refractivity contribution in [1.82, 2.24) is 25.2 Å². The number of nitrogens with one attached hydrogen (secondary N) is 1. The van der Waals surface area contributed by atoms with Gasteiger partial charge in [0.2, 0.25) is 0 Å². The molecule has 23 heavy (non-hydrogen) atoms. The first-order valence-corrected chi connectivity index (χ1v) is 8.74. The Morgan fingerprint density at radius 2 is 2.26 bits per heavy atom. The number of nitrogens with two attached hydrogens (primary N) is 1. The molecule has 1 aliphatic carbocycles. The number of nitrogens with zero attached hydrogens (tertiary/aromatic N) is 4. The van der Waals surface area contributed by atoms with Crippen LogP contribution in [-0.2, 0) is 13.5 Å². The molecule has 1 saturated heterocycles. The lowest BCUT2D eigenvalue weighted by molar-refractivity contribution is 0.00436. The molecule has 0 spiro atoms. The molecule has 1 atom stereocenters. The second-order valence-corrected chi connectivity index (χ2v) is 6.99. The van der Waals surface area contributed by atoms with Gasteiger partial charge in [0, 0.05) is 44.2 Å². The molecule has 2 amide bonds. The zero-order valence-corrected chi connectivity index (χ0v) is 14.0. The minimum Gasteiger partial charge on any atom is -0.338 e.